The first-order valence-electron chi connectivity index (χ1n) is 4.95. The number of phenolic OH excluding ortho intramolecular Hbond substituents is 1. The smallest absolute Gasteiger partial charge is 0.234 e. The van der Waals surface area contributed by atoms with E-state index in [2.05, 4.69) is 5.32 Å². The van der Waals surface area contributed by atoms with E-state index in [4.69, 9.17) is 5.73 Å². The van der Waals surface area contributed by atoms with Crippen LogP contribution in [0.1, 0.15) is 25.5 Å². The fourth-order valence-corrected chi connectivity index (χ4v) is 1.42. The number of aromatic hydroxyl groups is 1. The molecular formula is C11H15FN2O2. The van der Waals surface area contributed by atoms with Gasteiger partial charge in [-0.2, -0.15) is 0 Å². The number of hydrogen-bond acceptors (Lipinski definition) is 3. The molecule has 5 heteroatoms. The molecule has 1 amide bonds. The van der Waals surface area contributed by atoms with Crippen molar-refractivity contribution in [3.8, 4) is 5.75 Å². The third-order valence-corrected chi connectivity index (χ3v) is 2.38. The van der Waals surface area contributed by atoms with Gasteiger partial charge in [-0.1, -0.05) is 0 Å². The van der Waals surface area contributed by atoms with E-state index >= 15 is 0 Å². The standard InChI is InChI=1S/C11H15FN2O2/c1-6(14-7(2)11(13)16)9-5-8(12)3-4-10(9)15/h3-7,14-15H,1-2H3,(H2,13,16). The van der Waals surface area contributed by atoms with Gasteiger partial charge in [-0.3, -0.25) is 10.1 Å². The van der Waals surface area contributed by atoms with Gasteiger partial charge in [-0.05, 0) is 32.0 Å². The summed E-state index contributed by atoms with van der Waals surface area (Å²) in [5.74, 6) is -0.950. The van der Waals surface area contributed by atoms with Crippen molar-refractivity contribution in [3.05, 3.63) is 29.6 Å². The summed E-state index contributed by atoms with van der Waals surface area (Å²) in [5, 5.41) is 12.4. The summed E-state index contributed by atoms with van der Waals surface area (Å²) in [6.45, 7) is 3.32. The van der Waals surface area contributed by atoms with Gasteiger partial charge in [-0.15, -0.1) is 0 Å². The van der Waals surface area contributed by atoms with Crippen molar-refractivity contribution in [1.82, 2.24) is 5.32 Å². The fraction of sp³-hybridized carbons (Fsp3) is 0.364. The highest BCUT2D eigenvalue weighted by Gasteiger charge is 2.16. The molecule has 2 atom stereocenters. The van der Waals surface area contributed by atoms with Gasteiger partial charge in [0.1, 0.15) is 11.6 Å². The lowest BCUT2D eigenvalue weighted by atomic mass is 10.1. The maximum atomic E-state index is 13.0. The van der Waals surface area contributed by atoms with E-state index < -0.39 is 17.8 Å². The molecule has 1 aromatic carbocycles. The van der Waals surface area contributed by atoms with E-state index in [1.54, 1.807) is 13.8 Å². The fourth-order valence-electron chi connectivity index (χ4n) is 1.42. The number of nitrogens with two attached hydrogens (primary N) is 1. The van der Waals surface area contributed by atoms with Crippen molar-refractivity contribution in [3.63, 3.8) is 0 Å². The number of amides is 1. The van der Waals surface area contributed by atoms with Gasteiger partial charge in [0.25, 0.3) is 0 Å². The van der Waals surface area contributed by atoms with E-state index in [-0.39, 0.29) is 11.8 Å². The van der Waals surface area contributed by atoms with Crippen LogP contribution in [0.5, 0.6) is 5.75 Å². The van der Waals surface area contributed by atoms with Crippen LogP contribution < -0.4 is 11.1 Å². The Morgan fingerprint density at radius 3 is 2.69 bits per heavy atom. The van der Waals surface area contributed by atoms with E-state index in [1.807, 2.05) is 0 Å². The van der Waals surface area contributed by atoms with Crippen molar-refractivity contribution in [1.29, 1.82) is 0 Å². The molecule has 4 nitrogen and oxygen atoms in total. The van der Waals surface area contributed by atoms with Gasteiger partial charge in [0, 0.05) is 11.6 Å². The molecule has 0 radical (unpaired) electrons. The first kappa shape index (κ1) is 12.4. The Balaban J connectivity index is 2.83. The summed E-state index contributed by atoms with van der Waals surface area (Å²) in [5.41, 5.74) is 5.49. The SMILES string of the molecule is CC(NC(C)c1cc(F)ccc1O)C(N)=O. The summed E-state index contributed by atoms with van der Waals surface area (Å²) >= 11 is 0. The topological polar surface area (TPSA) is 75.3 Å². The first-order chi connectivity index (χ1) is 7.41. The Labute approximate surface area is 93.3 Å². The highest BCUT2D eigenvalue weighted by molar-refractivity contribution is 5.79. The minimum Gasteiger partial charge on any atom is -0.508 e. The zero-order chi connectivity index (χ0) is 12.3. The van der Waals surface area contributed by atoms with Crippen molar-refractivity contribution >= 4 is 5.91 Å². The Bertz CT molecular complexity index is 396. The molecule has 0 heterocycles. The first-order valence-corrected chi connectivity index (χ1v) is 4.95. The predicted octanol–water partition coefficient (Wildman–Crippen LogP) is 1.06. The quantitative estimate of drug-likeness (QED) is 0.718. The van der Waals surface area contributed by atoms with E-state index in [0.717, 1.165) is 0 Å². The molecule has 0 aliphatic carbocycles. The van der Waals surface area contributed by atoms with Gasteiger partial charge in [0.05, 0.1) is 6.04 Å². The van der Waals surface area contributed by atoms with Crippen molar-refractivity contribution in [2.45, 2.75) is 25.9 Å². The summed E-state index contributed by atoms with van der Waals surface area (Å²) in [6.07, 6.45) is 0. The summed E-state index contributed by atoms with van der Waals surface area (Å²) in [4.78, 5) is 10.8. The number of phenols is 1. The van der Waals surface area contributed by atoms with Crippen molar-refractivity contribution in [2.75, 3.05) is 0 Å². The van der Waals surface area contributed by atoms with Crippen LogP contribution in [0.2, 0.25) is 0 Å². The molecule has 0 aliphatic heterocycles. The number of benzene rings is 1. The number of rotatable bonds is 4. The normalized spacial score (nSPS) is 14.4. The third kappa shape index (κ3) is 2.93. The molecule has 0 spiro atoms. The highest BCUT2D eigenvalue weighted by atomic mass is 19.1. The van der Waals surface area contributed by atoms with Gasteiger partial charge < -0.3 is 10.8 Å². The van der Waals surface area contributed by atoms with Crippen LogP contribution in [0, 0.1) is 5.82 Å². The number of carbonyl (C=O) groups excluding carboxylic acids is 1. The third-order valence-electron chi connectivity index (χ3n) is 2.38. The van der Waals surface area contributed by atoms with Crippen molar-refractivity contribution in [2.24, 2.45) is 5.73 Å². The Kier molecular flexibility index (Phi) is 3.84. The highest BCUT2D eigenvalue weighted by Crippen LogP contribution is 2.24. The second kappa shape index (κ2) is 4.94. The van der Waals surface area contributed by atoms with Crippen LogP contribution in [0.15, 0.2) is 18.2 Å². The van der Waals surface area contributed by atoms with Crippen molar-refractivity contribution < 1.29 is 14.3 Å². The minimum atomic E-state index is -0.544. The maximum Gasteiger partial charge on any atom is 0.234 e. The molecule has 0 aliphatic rings. The predicted molar refractivity (Wildman–Crippen MR) is 58.3 cm³/mol. The van der Waals surface area contributed by atoms with Crippen LogP contribution in [-0.4, -0.2) is 17.1 Å². The van der Waals surface area contributed by atoms with Crippen LogP contribution >= 0.6 is 0 Å². The summed E-state index contributed by atoms with van der Waals surface area (Å²) < 4.78 is 13.0. The molecule has 4 N–H and O–H groups in total. The summed E-state index contributed by atoms with van der Waals surface area (Å²) in [6, 6.07) is 2.76. The molecule has 0 fully saturated rings. The van der Waals surface area contributed by atoms with Gasteiger partial charge in [0.2, 0.25) is 5.91 Å². The lowest BCUT2D eigenvalue weighted by Crippen LogP contribution is -2.40. The van der Waals surface area contributed by atoms with Crippen LogP contribution in [-0.2, 0) is 4.79 Å². The van der Waals surface area contributed by atoms with E-state index in [1.165, 1.54) is 18.2 Å². The summed E-state index contributed by atoms with van der Waals surface area (Å²) in [7, 11) is 0. The second-order valence-electron chi connectivity index (χ2n) is 3.72. The molecule has 0 saturated carbocycles. The van der Waals surface area contributed by atoms with E-state index in [0.29, 0.717) is 5.56 Å². The lowest BCUT2D eigenvalue weighted by molar-refractivity contribution is -0.119. The number of primary amides is 1. The molecule has 1 rings (SSSR count). The van der Waals surface area contributed by atoms with Crippen LogP contribution in [0.3, 0.4) is 0 Å². The average Bonchev–Trinajstić information content (AvgIpc) is 2.21. The molecule has 88 valence electrons. The van der Waals surface area contributed by atoms with Crippen LogP contribution in [0.4, 0.5) is 4.39 Å². The maximum absolute atomic E-state index is 13.0. The number of halogens is 1. The van der Waals surface area contributed by atoms with Gasteiger partial charge in [0.15, 0.2) is 0 Å². The number of carbonyl (C=O) groups is 1. The molecule has 0 bridgehead atoms. The molecule has 1 aromatic rings. The van der Waals surface area contributed by atoms with E-state index in [9.17, 15) is 14.3 Å². The molecule has 2 unspecified atom stereocenters. The largest absolute Gasteiger partial charge is 0.508 e. The Hall–Kier alpha value is -1.62. The van der Waals surface area contributed by atoms with Gasteiger partial charge in [-0.25, -0.2) is 4.39 Å². The molecular weight excluding hydrogens is 211 g/mol. The van der Waals surface area contributed by atoms with Crippen LogP contribution in [0.25, 0.3) is 0 Å². The Morgan fingerprint density at radius 1 is 1.50 bits per heavy atom. The lowest BCUT2D eigenvalue weighted by Gasteiger charge is -2.18. The monoisotopic (exact) mass is 226 g/mol. The van der Waals surface area contributed by atoms with Gasteiger partial charge >= 0.3 is 0 Å². The second-order valence-corrected chi connectivity index (χ2v) is 3.72. The zero-order valence-corrected chi connectivity index (χ0v) is 9.20. The molecule has 0 aromatic heterocycles. The molecule has 0 saturated heterocycles. The zero-order valence-electron chi connectivity index (χ0n) is 9.20. The number of nitrogens with one attached hydrogen (secondary N) is 1. The minimum absolute atomic E-state index is 0.0157. The Morgan fingerprint density at radius 2 is 2.12 bits per heavy atom. The number of hydrogen-bond donors (Lipinski definition) is 3. The average molecular weight is 226 g/mol. The molecule has 16 heavy (non-hydrogen) atoms.